The molecule has 6 nitrogen and oxygen atoms in total. The molecule has 1 N–H and O–H groups in total. The van der Waals surface area contributed by atoms with Crippen molar-refractivity contribution in [2.45, 2.75) is 27.0 Å². The molecule has 0 spiro atoms. The highest BCUT2D eigenvalue weighted by atomic mass is 35.5. The molecule has 0 saturated carbocycles. The van der Waals surface area contributed by atoms with Gasteiger partial charge in [0.1, 0.15) is 18.1 Å². The van der Waals surface area contributed by atoms with Gasteiger partial charge >= 0.3 is 0 Å². The number of furan rings is 1. The van der Waals surface area contributed by atoms with E-state index in [4.69, 9.17) is 32.4 Å². The quantitative estimate of drug-likeness (QED) is 0.345. The van der Waals surface area contributed by atoms with Crippen LogP contribution in [0.2, 0.25) is 10.0 Å². The summed E-state index contributed by atoms with van der Waals surface area (Å²) in [7, 11) is 0. The molecule has 0 saturated heterocycles. The molecular weight excluding hydrogens is 449 g/mol. The number of anilines is 1. The van der Waals surface area contributed by atoms with Gasteiger partial charge in [-0.3, -0.25) is 9.48 Å². The predicted octanol–water partition coefficient (Wildman–Crippen LogP) is 6.28. The Bertz CT molecular complexity index is 1220. The molecular formula is C24H21Cl2N3O3. The van der Waals surface area contributed by atoms with E-state index in [9.17, 15) is 4.79 Å². The number of nitrogens with one attached hydrogen (secondary N) is 1. The van der Waals surface area contributed by atoms with Crippen LogP contribution in [-0.2, 0) is 13.2 Å². The van der Waals surface area contributed by atoms with Crippen molar-refractivity contribution < 1.29 is 13.9 Å². The summed E-state index contributed by atoms with van der Waals surface area (Å²) < 4.78 is 13.1. The zero-order valence-electron chi connectivity index (χ0n) is 17.6. The topological polar surface area (TPSA) is 69.3 Å². The van der Waals surface area contributed by atoms with Crippen LogP contribution in [0, 0.1) is 13.8 Å². The number of ether oxygens (including phenoxy) is 1. The van der Waals surface area contributed by atoms with E-state index in [1.807, 2.05) is 26.0 Å². The highest BCUT2D eigenvalue weighted by Gasteiger charge is 2.14. The van der Waals surface area contributed by atoms with E-state index in [0.29, 0.717) is 28.0 Å². The third-order valence-corrected chi connectivity index (χ3v) is 5.44. The Morgan fingerprint density at radius 1 is 1.09 bits per heavy atom. The monoisotopic (exact) mass is 469 g/mol. The number of carbonyl (C=O) groups is 1. The first-order chi connectivity index (χ1) is 15.4. The molecule has 164 valence electrons. The van der Waals surface area contributed by atoms with Crippen LogP contribution in [0.1, 0.15) is 33.0 Å². The SMILES string of the molecule is Cc1cc(C)cc(OCc2ccc(C(=O)Nc3cnn(Cc4c(Cl)cccc4Cl)c3)o2)c1. The summed E-state index contributed by atoms with van der Waals surface area (Å²) in [6.07, 6.45) is 3.25. The Morgan fingerprint density at radius 3 is 2.53 bits per heavy atom. The molecule has 8 heteroatoms. The zero-order valence-corrected chi connectivity index (χ0v) is 19.1. The summed E-state index contributed by atoms with van der Waals surface area (Å²) in [5, 5.41) is 8.15. The third kappa shape index (κ3) is 5.33. The first kappa shape index (κ1) is 22.0. The molecule has 2 aromatic carbocycles. The average molecular weight is 470 g/mol. The smallest absolute Gasteiger partial charge is 0.291 e. The van der Waals surface area contributed by atoms with Gasteiger partial charge in [0.2, 0.25) is 0 Å². The van der Waals surface area contributed by atoms with Crippen LogP contribution in [0.25, 0.3) is 0 Å². The third-order valence-electron chi connectivity index (χ3n) is 4.73. The number of aromatic nitrogens is 2. The predicted molar refractivity (Wildman–Crippen MR) is 125 cm³/mol. The van der Waals surface area contributed by atoms with Gasteiger partial charge in [-0.05, 0) is 61.4 Å². The highest BCUT2D eigenvalue weighted by Crippen LogP contribution is 2.25. The molecule has 2 aromatic heterocycles. The summed E-state index contributed by atoms with van der Waals surface area (Å²) in [6.45, 7) is 4.64. The molecule has 0 unspecified atom stereocenters. The lowest BCUT2D eigenvalue weighted by molar-refractivity contribution is 0.0992. The average Bonchev–Trinajstić information content (AvgIpc) is 3.38. The van der Waals surface area contributed by atoms with Gasteiger partial charge in [-0.15, -0.1) is 0 Å². The first-order valence-electron chi connectivity index (χ1n) is 9.94. The van der Waals surface area contributed by atoms with Crippen molar-refractivity contribution in [2.24, 2.45) is 0 Å². The maximum absolute atomic E-state index is 12.5. The van der Waals surface area contributed by atoms with Crippen molar-refractivity contribution in [1.29, 1.82) is 0 Å². The minimum atomic E-state index is -0.377. The molecule has 4 aromatic rings. The minimum absolute atomic E-state index is 0.186. The van der Waals surface area contributed by atoms with E-state index in [1.165, 1.54) is 0 Å². The lowest BCUT2D eigenvalue weighted by atomic mass is 10.1. The van der Waals surface area contributed by atoms with Gasteiger partial charge in [-0.2, -0.15) is 5.10 Å². The number of carbonyl (C=O) groups excluding carboxylic acids is 1. The molecule has 0 bridgehead atoms. The van der Waals surface area contributed by atoms with Crippen molar-refractivity contribution in [1.82, 2.24) is 9.78 Å². The second kappa shape index (κ2) is 9.51. The normalized spacial score (nSPS) is 10.9. The van der Waals surface area contributed by atoms with E-state index in [2.05, 4.69) is 16.5 Å². The summed E-state index contributed by atoms with van der Waals surface area (Å²) >= 11 is 12.4. The van der Waals surface area contributed by atoms with Crippen LogP contribution in [0.3, 0.4) is 0 Å². The van der Waals surface area contributed by atoms with E-state index in [1.54, 1.807) is 47.4 Å². The number of amides is 1. The minimum Gasteiger partial charge on any atom is -0.486 e. The van der Waals surface area contributed by atoms with Crippen molar-refractivity contribution in [3.63, 3.8) is 0 Å². The van der Waals surface area contributed by atoms with Gasteiger partial charge in [0.15, 0.2) is 5.76 Å². The molecule has 0 fully saturated rings. The fraction of sp³-hybridized carbons (Fsp3) is 0.167. The lowest BCUT2D eigenvalue weighted by Gasteiger charge is -2.07. The Morgan fingerprint density at radius 2 is 1.81 bits per heavy atom. The molecule has 0 radical (unpaired) electrons. The Balaban J connectivity index is 1.36. The van der Waals surface area contributed by atoms with Crippen LogP contribution >= 0.6 is 23.2 Å². The first-order valence-corrected chi connectivity index (χ1v) is 10.7. The number of hydrogen-bond donors (Lipinski definition) is 1. The van der Waals surface area contributed by atoms with Gasteiger partial charge in [-0.25, -0.2) is 0 Å². The number of hydrogen-bond acceptors (Lipinski definition) is 4. The van der Waals surface area contributed by atoms with Gasteiger partial charge in [0, 0.05) is 21.8 Å². The molecule has 32 heavy (non-hydrogen) atoms. The summed E-state index contributed by atoms with van der Waals surface area (Å²) in [5.74, 6) is 1.12. The number of nitrogens with zero attached hydrogens (tertiary/aromatic N) is 2. The molecule has 0 aliphatic heterocycles. The number of rotatable bonds is 7. The molecule has 1 amide bonds. The maximum Gasteiger partial charge on any atom is 0.291 e. The Kier molecular flexibility index (Phi) is 6.53. The van der Waals surface area contributed by atoms with Gasteiger partial charge in [0.25, 0.3) is 5.91 Å². The largest absolute Gasteiger partial charge is 0.486 e. The van der Waals surface area contributed by atoms with E-state index < -0.39 is 0 Å². The zero-order chi connectivity index (χ0) is 22.7. The van der Waals surface area contributed by atoms with Crippen LogP contribution < -0.4 is 10.1 Å². The number of aryl methyl sites for hydroxylation is 2. The molecule has 0 aliphatic rings. The van der Waals surface area contributed by atoms with Crippen LogP contribution in [0.15, 0.2) is 65.3 Å². The van der Waals surface area contributed by atoms with E-state index in [-0.39, 0.29) is 18.3 Å². The van der Waals surface area contributed by atoms with Crippen molar-refractivity contribution in [3.05, 3.63) is 99.2 Å². The summed E-state index contributed by atoms with van der Waals surface area (Å²) in [6, 6.07) is 14.7. The van der Waals surface area contributed by atoms with Crippen molar-refractivity contribution in [3.8, 4) is 5.75 Å². The molecule has 2 heterocycles. The second-order valence-corrected chi connectivity index (χ2v) is 8.27. The van der Waals surface area contributed by atoms with Gasteiger partial charge in [0.05, 0.1) is 18.4 Å². The van der Waals surface area contributed by atoms with E-state index in [0.717, 1.165) is 22.4 Å². The second-order valence-electron chi connectivity index (χ2n) is 7.46. The molecule has 4 rings (SSSR count). The van der Waals surface area contributed by atoms with Gasteiger partial charge in [-0.1, -0.05) is 35.3 Å². The fourth-order valence-electron chi connectivity index (χ4n) is 3.30. The highest BCUT2D eigenvalue weighted by molar-refractivity contribution is 6.35. The van der Waals surface area contributed by atoms with Crippen molar-refractivity contribution >= 4 is 34.8 Å². The molecule has 0 atom stereocenters. The van der Waals surface area contributed by atoms with Crippen LogP contribution in [-0.4, -0.2) is 15.7 Å². The Hall–Kier alpha value is -3.22. The number of benzene rings is 2. The Labute approximate surface area is 195 Å². The van der Waals surface area contributed by atoms with E-state index >= 15 is 0 Å². The maximum atomic E-state index is 12.5. The standard InChI is InChI=1S/C24H21Cl2N3O3/c1-15-8-16(2)10-19(9-15)31-14-18-6-7-23(32-18)24(30)28-17-11-27-29(12-17)13-20-21(25)4-3-5-22(20)26/h3-12H,13-14H2,1-2H3,(H,28,30). The van der Waals surface area contributed by atoms with Crippen LogP contribution in [0.5, 0.6) is 5.75 Å². The lowest BCUT2D eigenvalue weighted by Crippen LogP contribution is -2.10. The van der Waals surface area contributed by atoms with Crippen LogP contribution in [0.4, 0.5) is 5.69 Å². The molecule has 0 aliphatic carbocycles. The van der Waals surface area contributed by atoms with Crippen molar-refractivity contribution in [2.75, 3.05) is 5.32 Å². The van der Waals surface area contributed by atoms with Gasteiger partial charge < -0.3 is 14.5 Å². The fourth-order valence-corrected chi connectivity index (χ4v) is 3.82. The number of halogens is 2. The summed E-state index contributed by atoms with van der Waals surface area (Å²) in [5.41, 5.74) is 3.53. The summed E-state index contributed by atoms with van der Waals surface area (Å²) in [4.78, 5) is 12.5.